The average molecular weight is 388 g/mol. The van der Waals surface area contributed by atoms with Crippen LogP contribution >= 0.6 is 0 Å². The lowest BCUT2D eigenvalue weighted by molar-refractivity contribution is -0.0572. The summed E-state index contributed by atoms with van der Waals surface area (Å²) in [6, 6.07) is 0.354. The summed E-state index contributed by atoms with van der Waals surface area (Å²) in [7, 11) is 0. The summed E-state index contributed by atoms with van der Waals surface area (Å²) in [5, 5.41) is 10.2. The van der Waals surface area contributed by atoms with Gasteiger partial charge in [0.15, 0.2) is 0 Å². The zero-order chi connectivity index (χ0) is 20.1. The van der Waals surface area contributed by atoms with Crippen molar-refractivity contribution in [2.24, 2.45) is 46.2 Å². The van der Waals surface area contributed by atoms with Crippen LogP contribution in [0.25, 0.3) is 0 Å². The van der Waals surface area contributed by atoms with Gasteiger partial charge < -0.3 is 10.8 Å². The van der Waals surface area contributed by atoms with Gasteiger partial charge in [0.25, 0.3) is 0 Å². The normalized spacial score (nSPS) is 47.5. The first-order valence-corrected chi connectivity index (χ1v) is 12.4. The molecule has 0 aliphatic heterocycles. The standard InChI is InChI=1S/C26H45NO/c1-17(6-5-7-18(2)27)22-10-11-23-21-9-8-19-16-20(28)12-14-25(19,3)24(21)13-15-26(22,23)4/h8,17-18,20-24,28H,5-7,9-16,27H2,1-4H3/t17-,18?,20+,21+,22-,23+,24+,25+,26-/m1/s1. The van der Waals surface area contributed by atoms with Crippen molar-refractivity contribution in [1.82, 2.24) is 0 Å². The molecule has 2 heteroatoms. The molecule has 4 rings (SSSR count). The predicted molar refractivity (Wildman–Crippen MR) is 118 cm³/mol. The molecule has 1 unspecified atom stereocenters. The molecule has 160 valence electrons. The summed E-state index contributed by atoms with van der Waals surface area (Å²) in [5.74, 6) is 4.45. The van der Waals surface area contributed by atoms with Crippen LogP contribution in [0, 0.1) is 40.4 Å². The van der Waals surface area contributed by atoms with Gasteiger partial charge in [0, 0.05) is 6.04 Å². The Morgan fingerprint density at radius 1 is 1.07 bits per heavy atom. The van der Waals surface area contributed by atoms with E-state index in [0.717, 1.165) is 42.4 Å². The van der Waals surface area contributed by atoms with E-state index in [4.69, 9.17) is 5.73 Å². The Morgan fingerprint density at radius 3 is 2.61 bits per heavy atom. The van der Waals surface area contributed by atoms with Gasteiger partial charge in [-0.25, -0.2) is 0 Å². The molecule has 3 saturated carbocycles. The van der Waals surface area contributed by atoms with Crippen LogP contribution in [0.2, 0.25) is 0 Å². The van der Waals surface area contributed by atoms with E-state index in [-0.39, 0.29) is 6.10 Å². The Morgan fingerprint density at radius 2 is 1.86 bits per heavy atom. The lowest BCUT2D eigenvalue weighted by atomic mass is 9.47. The van der Waals surface area contributed by atoms with Gasteiger partial charge in [-0.1, -0.05) is 45.3 Å². The molecule has 0 radical (unpaired) electrons. The molecular formula is C26H45NO. The van der Waals surface area contributed by atoms with Crippen molar-refractivity contribution in [2.45, 2.75) is 110 Å². The summed E-state index contributed by atoms with van der Waals surface area (Å²) in [6.45, 7) is 9.90. The molecule has 2 nitrogen and oxygen atoms in total. The average Bonchev–Trinajstić information content (AvgIpc) is 2.99. The molecule has 28 heavy (non-hydrogen) atoms. The van der Waals surface area contributed by atoms with Crippen LogP contribution < -0.4 is 5.73 Å². The fraction of sp³-hybridized carbons (Fsp3) is 0.923. The Hall–Kier alpha value is -0.340. The first-order valence-electron chi connectivity index (χ1n) is 12.4. The van der Waals surface area contributed by atoms with E-state index in [0.29, 0.717) is 16.9 Å². The first-order chi connectivity index (χ1) is 13.3. The maximum atomic E-state index is 10.2. The number of allylic oxidation sites excluding steroid dienone is 1. The van der Waals surface area contributed by atoms with Gasteiger partial charge in [-0.3, -0.25) is 0 Å². The Labute approximate surface area is 173 Å². The third-order valence-electron chi connectivity index (χ3n) is 10.2. The van der Waals surface area contributed by atoms with Crippen molar-refractivity contribution in [2.75, 3.05) is 0 Å². The van der Waals surface area contributed by atoms with Crippen LogP contribution in [0.5, 0.6) is 0 Å². The second kappa shape index (κ2) is 7.73. The Bertz CT molecular complexity index is 597. The highest BCUT2D eigenvalue weighted by atomic mass is 16.3. The number of aliphatic hydroxyl groups is 1. The molecule has 0 aromatic rings. The molecule has 4 aliphatic rings. The van der Waals surface area contributed by atoms with Gasteiger partial charge in [-0.2, -0.15) is 0 Å². The number of fused-ring (bicyclic) bond motifs is 5. The molecule has 4 aliphatic carbocycles. The highest BCUT2D eigenvalue weighted by molar-refractivity contribution is 5.25. The largest absolute Gasteiger partial charge is 0.393 e. The van der Waals surface area contributed by atoms with E-state index in [2.05, 4.69) is 33.8 Å². The molecule has 0 spiro atoms. The SMILES string of the molecule is CC(N)CCC[C@@H](C)[C@H]1CC[C@H]2[C@@H]3CC=C4C[C@@H](O)CC[C@]4(C)[C@H]3CC[C@]12C. The van der Waals surface area contributed by atoms with Crippen molar-refractivity contribution in [1.29, 1.82) is 0 Å². The van der Waals surface area contributed by atoms with E-state index >= 15 is 0 Å². The van der Waals surface area contributed by atoms with Gasteiger partial charge >= 0.3 is 0 Å². The molecule has 3 fully saturated rings. The minimum Gasteiger partial charge on any atom is -0.393 e. The van der Waals surface area contributed by atoms with Crippen LogP contribution in [-0.2, 0) is 0 Å². The molecule has 0 amide bonds. The number of hydrogen-bond acceptors (Lipinski definition) is 2. The van der Waals surface area contributed by atoms with Gasteiger partial charge in [0.1, 0.15) is 0 Å². The number of aliphatic hydroxyl groups excluding tert-OH is 1. The molecule has 0 aromatic carbocycles. The van der Waals surface area contributed by atoms with Gasteiger partial charge in [0.05, 0.1) is 6.10 Å². The van der Waals surface area contributed by atoms with E-state index in [1.165, 1.54) is 57.8 Å². The monoisotopic (exact) mass is 387 g/mol. The third kappa shape index (κ3) is 3.41. The van der Waals surface area contributed by atoms with Crippen molar-refractivity contribution in [3.8, 4) is 0 Å². The summed E-state index contributed by atoms with van der Waals surface area (Å²) in [6.07, 6.45) is 16.6. The molecule has 0 aromatic heterocycles. The van der Waals surface area contributed by atoms with Crippen molar-refractivity contribution in [3.05, 3.63) is 11.6 Å². The molecule has 9 atom stereocenters. The van der Waals surface area contributed by atoms with Crippen LogP contribution in [0.4, 0.5) is 0 Å². The van der Waals surface area contributed by atoms with Crippen LogP contribution in [-0.4, -0.2) is 17.3 Å². The minimum atomic E-state index is -0.0855. The Balaban J connectivity index is 1.49. The number of nitrogens with two attached hydrogens (primary N) is 1. The van der Waals surface area contributed by atoms with Crippen molar-refractivity contribution >= 4 is 0 Å². The third-order valence-corrected chi connectivity index (χ3v) is 10.2. The fourth-order valence-corrected chi connectivity index (χ4v) is 8.58. The number of hydrogen-bond donors (Lipinski definition) is 2. The fourth-order valence-electron chi connectivity index (χ4n) is 8.58. The summed E-state index contributed by atoms with van der Waals surface area (Å²) < 4.78 is 0. The van der Waals surface area contributed by atoms with Crippen LogP contribution in [0.1, 0.15) is 98.3 Å². The summed E-state index contributed by atoms with van der Waals surface area (Å²) in [5.41, 5.74) is 8.54. The smallest absolute Gasteiger partial charge is 0.0577 e. The topological polar surface area (TPSA) is 46.2 Å². The van der Waals surface area contributed by atoms with Crippen molar-refractivity contribution in [3.63, 3.8) is 0 Å². The zero-order valence-electron chi connectivity index (χ0n) is 18.9. The van der Waals surface area contributed by atoms with E-state index < -0.39 is 0 Å². The molecular weight excluding hydrogens is 342 g/mol. The van der Waals surface area contributed by atoms with Gasteiger partial charge in [0.2, 0.25) is 0 Å². The Kier molecular flexibility index (Phi) is 5.77. The second-order valence-electron chi connectivity index (χ2n) is 11.8. The highest BCUT2D eigenvalue weighted by Crippen LogP contribution is 2.67. The van der Waals surface area contributed by atoms with Gasteiger partial charge in [-0.05, 0) is 105 Å². The van der Waals surface area contributed by atoms with E-state index in [1.807, 2.05) is 0 Å². The molecule has 0 bridgehead atoms. The molecule has 0 saturated heterocycles. The number of rotatable bonds is 5. The lowest BCUT2D eigenvalue weighted by Crippen LogP contribution is -2.50. The second-order valence-corrected chi connectivity index (χ2v) is 11.8. The first kappa shape index (κ1) is 20.9. The summed E-state index contributed by atoms with van der Waals surface area (Å²) >= 11 is 0. The van der Waals surface area contributed by atoms with Crippen molar-refractivity contribution < 1.29 is 5.11 Å². The van der Waals surface area contributed by atoms with E-state index in [9.17, 15) is 5.11 Å². The predicted octanol–water partition coefficient (Wildman–Crippen LogP) is 6.08. The molecule has 0 heterocycles. The maximum Gasteiger partial charge on any atom is 0.0577 e. The van der Waals surface area contributed by atoms with E-state index in [1.54, 1.807) is 5.57 Å². The molecule has 3 N–H and O–H groups in total. The minimum absolute atomic E-state index is 0.0855. The van der Waals surface area contributed by atoms with Crippen LogP contribution in [0.3, 0.4) is 0 Å². The lowest BCUT2D eigenvalue weighted by Gasteiger charge is -2.58. The maximum absolute atomic E-state index is 10.2. The van der Waals surface area contributed by atoms with Crippen LogP contribution in [0.15, 0.2) is 11.6 Å². The highest BCUT2D eigenvalue weighted by Gasteiger charge is 2.59. The quantitative estimate of drug-likeness (QED) is 0.562. The zero-order valence-corrected chi connectivity index (χ0v) is 18.9. The van der Waals surface area contributed by atoms with Gasteiger partial charge in [-0.15, -0.1) is 0 Å². The summed E-state index contributed by atoms with van der Waals surface area (Å²) in [4.78, 5) is 0.